The molecular formula is C17H17NO4S. The predicted octanol–water partition coefficient (Wildman–Crippen LogP) is 2.21. The van der Waals surface area contributed by atoms with Crippen molar-refractivity contribution < 1.29 is 18.0 Å². The molecule has 0 fully saturated rings. The van der Waals surface area contributed by atoms with Crippen LogP contribution in [0.1, 0.15) is 27.9 Å². The monoisotopic (exact) mass is 331 g/mol. The van der Waals surface area contributed by atoms with E-state index in [4.69, 9.17) is 0 Å². The summed E-state index contributed by atoms with van der Waals surface area (Å²) in [6.45, 7) is 1.89. The number of Topliss-reactive ketones (excluding diaryl/α,β-unsaturated/α-hetero) is 1. The molecule has 0 heterocycles. The second-order valence-corrected chi connectivity index (χ2v) is 6.96. The number of nitrogens with one attached hydrogen (secondary N) is 1. The Bertz CT molecular complexity index is 796. The van der Waals surface area contributed by atoms with E-state index in [1.807, 2.05) is 11.6 Å². The van der Waals surface area contributed by atoms with Crippen LogP contribution in [0.4, 0.5) is 0 Å². The maximum absolute atomic E-state index is 12.0. The summed E-state index contributed by atoms with van der Waals surface area (Å²) >= 11 is 0. The topological polar surface area (TPSA) is 80.3 Å². The van der Waals surface area contributed by atoms with Gasteiger partial charge in [-0.25, -0.2) is 8.42 Å². The summed E-state index contributed by atoms with van der Waals surface area (Å²) in [4.78, 5) is 23.7. The number of rotatable bonds is 6. The molecule has 6 heteroatoms. The highest BCUT2D eigenvalue weighted by atomic mass is 32.2. The van der Waals surface area contributed by atoms with Gasteiger partial charge in [-0.05, 0) is 12.5 Å². The molecule has 1 N–H and O–H groups in total. The number of carbonyl (C=O) groups excluding carboxylic acids is 2. The first-order valence-electron chi connectivity index (χ1n) is 7.03. The number of sulfonamides is 1. The molecule has 5 nitrogen and oxygen atoms in total. The van der Waals surface area contributed by atoms with E-state index in [0.717, 1.165) is 5.56 Å². The SMILES string of the molecule is Cc1ccc(C(=O)CC(=O)NS(=O)(=O)Cc2ccccc2)cc1. The van der Waals surface area contributed by atoms with E-state index in [9.17, 15) is 18.0 Å². The van der Waals surface area contributed by atoms with Crippen LogP contribution in [0.2, 0.25) is 0 Å². The highest BCUT2D eigenvalue weighted by Gasteiger charge is 2.18. The molecule has 0 aliphatic heterocycles. The average molecular weight is 331 g/mol. The van der Waals surface area contributed by atoms with Gasteiger partial charge < -0.3 is 0 Å². The fraction of sp³-hybridized carbons (Fsp3) is 0.176. The number of ketones is 1. The van der Waals surface area contributed by atoms with Gasteiger partial charge in [0.25, 0.3) is 0 Å². The third kappa shape index (κ3) is 5.34. The zero-order valence-electron chi connectivity index (χ0n) is 12.7. The van der Waals surface area contributed by atoms with Crippen molar-refractivity contribution in [3.8, 4) is 0 Å². The van der Waals surface area contributed by atoms with E-state index in [-0.39, 0.29) is 5.75 Å². The van der Waals surface area contributed by atoms with Crippen LogP contribution in [0.15, 0.2) is 54.6 Å². The van der Waals surface area contributed by atoms with Gasteiger partial charge in [0.2, 0.25) is 15.9 Å². The van der Waals surface area contributed by atoms with E-state index < -0.39 is 28.1 Å². The van der Waals surface area contributed by atoms with Crippen LogP contribution in [0.25, 0.3) is 0 Å². The van der Waals surface area contributed by atoms with Gasteiger partial charge in [0.15, 0.2) is 5.78 Å². The van der Waals surface area contributed by atoms with Crippen LogP contribution in [-0.2, 0) is 20.6 Å². The van der Waals surface area contributed by atoms with E-state index in [2.05, 4.69) is 0 Å². The Kier molecular flexibility index (Phi) is 5.28. The molecule has 0 aliphatic rings. The lowest BCUT2D eigenvalue weighted by atomic mass is 10.1. The molecule has 0 unspecified atom stereocenters. The first-order chi connectivity index (χ1) is 10.9. The predicted molar refractivity (Wildman–Crippen MR) is 87.3 cm³/mol. The van der Waals surface area contributed by atoms with Crippen molar-refractivity contribution in [3.63, 3.8) is 0 Å². The largest absolute Gasteiger partial charge is 0.294 e. The van der Waals surface area contributed by atoms with E-state index in [1.165, 1.54) is 0 Å². The standard InChI is InChI=1S/C17H17NO4S/c1-13-7-9-15(10-8-13)16(19)11-17(20)18-23(21,22)12-14-5-3-2-4-6-14/h2-10H,11-12H2,1H3,(H,18,20). The van der Waals surface area contributed by atoms with Gasteiger partial charge in [-0.3, -0.25) is 14.3 Å². The highest BCUT2D eigenvalue weighted by Crippen LogP contribution is 2.07. The molecule has 120 valence electrons. The van der Waals surface area contributed by atoms with Gasteiger partial charge in [0, 0.05) is 5.56 Å². The highest BCUT2D eigenvalue weighted by molar-refractivity contribution is 7.89. The summed E-state index contributed by atoms with van der Waals surface area (Å²) < 4.78 is 25.8. The Morgan fingerprint density at radius 1 is 0.957 bits per heavy atom. The fourth-order valence-corrected chi connectivity index (χ4v) is 3.15. The van der Waals surface area contributed by atoms with Gasteiger partial charge in [-0.1, -0.05) is 60.2 Å². The molecule has 0 bridgehead atoms. The Morgan fingerprint density at radius 3 is 2.17 bits per heavy atom. The maximum atomic E-state index is 12.0. The quantitative estimate of drug-likeness (QED) is 0.650. The summed E-state index contributed by atoms with van der Waals surface area (Å²) in [5.41, 5.74) is 1.94. The summed E-state index contributed by atoms with van der Waals surface area (Å²) in [5, 5.41) is 0. The normalized spacial score (nSPS) is 11.0. The van der Waals surface area contributed by atoms with Gasteiger partial charge in [-0.15, -0.1) is 0 Å². The molecule has 0 aromatic heterocycles. The number of amides is 1. The second kappa shape index (κ2) is 7.19. The van der Waals surface area contributed by atoms with Crippen molar-refractivity contribution in [2.45, 2.75) is 19.1 Å². The average Bonchev–Trinajstić information content (AvgIpc) is 2.47. The molecule has 0 saturated heterocycles. The van der Waals surface area contributed by atoms with Crippen LogP contribution in [0, 0.1) is 6.92 Å². The lowest BCUT2D eigenvalue weighted by molar-refractivity contribution is -0.118. The lowest BCUT2D eigenvalue weighted by Gasteiger charge is -2.07. The van der Waals surface area contributed by atoms with Crippen molar-refractivity contribution in [2.75, 3.05) is 0 Å². The summed E-state index contributed by atoms with van der Waals surface area (Å²) in [6.07, 6.45) is -0.503. The minimum atomic E-state index is -3.82. The molecule has 2 rings (SSSR count). The molecule has 0 atom stereocenters. The Labute approximate surface area is 135 Å². The van der Waals surface area contributed by atoms with Gasteiger partial charge in [0.1, 0.15) is 0 Å². The van der Waals surface area contributed by atoms with Crippen molar-refractivity contribution in [1.29, 1.82) is 0 Å². The minimum Gasteiger partial charge on any atom is -0.294 e. The summed E-state index contributed by atoms with van der Waals surface area (Å²) in [6, 6.07) is 15.3. The first-order valence-corrected chi connectivity index (χ1v) is 8.68. The molecule has 0 radical (unpaired) electrons. The summed E-state index contributed by atoms with van der Waals surface area (Å²) in [7, 11) is -3.82. The smallest absolute Gasteiger partial charge is 0.241 e. The zero-order chi connectivity index (χ0) is 16.9. The van der Waals surface area contributed by atoms with E-state index in [1.54, 1.807) is 54.6 Å². The molecular weight excluding hydrogens is 314 g/mol. The third-order valence-electron chi connectivity index (χ3n) is 3.16. The van der Waals surface area contributed by atoms with Crippen LogP contribution in [-0.4, -0.2) is 20.1 Å². The Morgan fingerprint density at radius 2 is 1.57 bits per heavy atom. The van der Waals surface area contributed by atoms with Crippen LogP contribution in [0.3, 0.4) is 0 Å². The molecule has 0 saturated carbocycles. The molecule has 0 aliphatic carbocycles. The summed E-state index contributed by atoms with van der Waals surface area (Å²) in [5.74, 6) is -1.55. The Hall–Kier alpha value is -2.47. The van der Waals surface area contributed by atoms with E-state index in [0.29, 0.717) is 11.1 Å². The lowest BCUT2D eigenvalue weighted by Crippen LogP contribution is -2.32. The number of benzene rings is 2. The number of hydrogen-bond donors (Lipinski definition) is 1. The molecule has 2 aromatic rings. The zero-order valence-corrected chi connectivity index (χ0v) is 13.5. The van der Waals surface area contributed by atoms with Gasteiger partial charge >= 0.3 is 0 Å². The van der Waals surface area contributed by atoms with Gasteiger partial charge in [-0.2, -0.15) is 0 Å². The maximum Gasteiger partial charge on any atom is 0.241 e. The van der Waals surface area contributed by atoms with Crippen LogP contribution in [0.5, 0.6) is 0 Å². The number of carbonyl (C=O) groups is 2. The number of aryl methyl sites for hydroxylation is 1. The molecule has 23 heavy (non-hydrogen) atoms. The van der Waals surface area contributed by atoms with Crippen molar-refractivity contribution in [3.05, 3.63) is 71.3 Å². The third-order valence-corrected chi connectivity index (χ3v) is 4.42. The van der Waals surface area contributed by atoms with Crippen molar-refractivity contribution >= 4 is 21.7 Å². The van der Waals surface area contributed by atoms with Crippen molar-refractivity contribution in [1.82, 2.24) is 4.72 Å². The van der Waals surface area contributed by atoms with Crippen molar-refractivity contribution in [2.24, 2.45) is 0 Å². The molecule has 0 spiro atoms. The minimum absolute atomic E-state index is 0.307. The molecule has 2 aromatic carbocycles. The number of hydrogen-bond acceptors (Lipinski definition) is 4. The fourth-order valence-electron chi connectivity index (χ4n) is 2.03. The van der Waals surface area contributed by atoms with E-state index >= 15 is 0 Å². The second-order valence-electron chi connectivity index (χ2n) is 5.24. The van der Waals surface area contributed by atoms with Gasteiger partial charge in [0.05, 0.1) is 12.2 Å². The van der Waals surface area contributed by atoms with Crippen LogP contribution >= 0.6 is 0 Å². The Balaban J connectivity index is 1.95. The molecule has 1 amide bonds. The van der Waals surface area contributed by atoms with Crippen LogP contribution < -0.4 is 4.72 Å². The first kappa shape index (κ1) is 16.9.